The maximum atomic E-state index is 16.0. The van der Waals surface area contributed by atoms with Crippen molar-refractivity contribution in [2.45, 2.75) is 38.8 Å². The van der Waals surface area contributed by atoms with Gasteiger partial charge in [0.2, 0.25) is 5.95 Å². The summed E-state index contributed by atoms with van der Waals surface area (Å²) in [5.74, 6) is 0.0180. The van der Waals surface area contributed by atoms with Crippen molar-refractivity contribution in [3.8, 4) is 6.07 Å². The minimum absolute atomic E-state index is 0.0686. The molecule has 1 amide bonds. The average molecular weight is 553 g/mol. The number of nitriles is 1. The fraction of sp³-hybridized carbons (Fsp3) is 0.500. The van der Waals surface area contributed by atoms with Gasteiger partial charge < -0.3 is 25.0 Å². The molecule has 1 saturated carbocycles. The molecule has 212 valence electrons. The number of methoxy groups -OCH3 is 1. The van der Waals surface area contributed by atoms with Gasteiger partial charge in [-0.2, -0.15) is 14.8 Å². The number of ether oxygens (including phenoxy) is 2. The SMILES string of the molecule is CC.COC(=O)Nc1cc(Nc2nc(NC3CC3)c3ncc(C#N)n3n2)c(F)c(N2CCN(C3COC3)CC2)c1. The van der Waals surface area contributed by atoms with Crippen LogP contribution in [0.4, 0.5) is 38.0 Å². The molecule has 40 heavy (non-hydrogen) atoms. The van der Waals surface area contributed by atoms with Gasteiger partial charge in [-0.1, -0.05) is 13.8 Å². The zero-order valence-electron chi connectivity index (χ0n) is 22.8. The molecule has 0 spiro atoms. The van der Waals surface area contributed by atoms with Gasteiger partial charge in [0.1, 0.15) is 6.07 Å². The van der Waals surface area contributed by atoms with Crippen molar-refractivity contribution in [2.75, 3.05) is 67.4 Å². The molecule has 14 heteroatoms. The average Bonchev–Trinajstić information content (AvgIpc) is 3.66. The van der Waals surface area contributed by atoms with Crippen molar-refractivity contribution in [1.82, 2.24) is 24.5 Å². The summed E-state index contributed by atoms with van der Waals surface area (Å²) in [6.45, 7) is 8.25. The molecule has 0 bridgehead atoms. The van der Waals surface area contributed by atoms with Gasteiger partial charge in [0.15, 0.2) is 23.0 Å². The highest BCUT2D eigenvalue weighted by atomic mass is 19.1. The second kappa shape index (κ2) is 11.9. The first-order valence-electron chi connectivity index (χ1n) is 13.5. The van der Waals surface area contributed by atoms with Crippen LogP contribution in [0.2, 0.25) is 0 Å². The third kappa shape index (κ3) is 5.70. The molecule has 13 nitrogen and oxygen atoms in total. The molecule has 6 rings (SSSR count). The van der Waals surface area contributed by atoms with Crippen LogP contribution in [0.25, 0.3) is 5.65 Å². The van der Waals surface area contributed by atoms with Crippen molar-refractivity contribution in [3.63, 3.8) is 0 Å². The fourth-order valence-electron chi connectivity index (χ4n) is 4.58. The molecule has 2 aliphatic heterocycles. The van der Waals surface area contributed by atoms with Crippen LogP contribution in [-0.4, -0.2) is 89.2 Å². The van der Waals surface area contributed by atoms with E-state index in [9.17, 15) is 10.1 Å². The Hall–Kier alpha value is -4.22. The summed E-state index contributed by atoms with van der Waals surface area (Å²) >= 11 is 0. The molecule has 0 atom stereocenters. The smallest absolute Gasteiger partial charge is 0.411 e. The summed E-state index contributed by atoms with van der Waals surface area (Å²) in [6.07, 6.45) is 2.76. The lowest BCUT2D eigenvalue weighted by atomic mass is 10.1. The number of nitrogens with one attached hydrogen (secondary N) is 3. The summed E-state index contributed by atoms with van der Waals surface area (Å²) in [6, 6.07) is 5.79. The minimum atomic E-state index is -0.672. The summed E-state index contributed by atoms with van der Waals surface area (Å²) in [4.78, 5) is 25.1. The van der Waals surface area contributed by atoms with Gasteiger partial charge in [0.25, 0.3) is 0 Å². The zero-order chi connectivity index (χ0) is 28.2. The van der Waals surface area contributed by atoms with Gasteiger partial charge in [0, 0.05) is 37.9 Å². The third-order valence-electron chi connectivity index (χ3n) is 6.92. The van der Waals surface area contributed by atoms with E-state index in [1.165, 1.54) is 23.9 Å². The third-order valence-corrected chi connectivity index (χ3v) is 6.92. The zero-order valence-corrected chi connectivity index (χ0v) is 22.8. The van der Waals surface area contributed by atoms with Crippen LogP contribution in [0.3, 0.4) is 0 Å². The Bertz CT molecular complexity index is 1410. The number of hydrogen-bond donors (Lipinski definition) is 3. The molecule has 3 aliphatic rings. The minimum Gasteiger partial charge on any atom is -0.453 e. The van der Waals surface area contributed by atoms with Gasteiger partial charge in [-0.15, -0.1) is 5.10 Å². The molecular formula is C26H33FN10O3. The van der Waals surface area contributed by atoms with Crippen LogP contribution in [0.5, 0.6) is 0 Å². The number of aromatic nitrogens is 4. The lowest BCUT2D eigenvalue weighted by Gasteiger charge is -2.43. The van der Waals surface area contributed by atoms with E-state index in [4.69, 9.17) is 9.47 Å². The number of carbonyl (C=O) groups is 1. The first-order valence-corrected chi connectivity index (χ1v) is 13.5. The van der Waals surface area contributed by atoms with Gasteiger partial charge in [-0.05, 0) is 25.0 Å². The van der Waals surface area contributed by atoms with E-state index in [1.807, 2.05) is 18.7 Å². The largest absolute Gasteiger partial charge is 0.453 e. The van der Waals surface area contributed by atoms with Crippen LogP contribution >= 0.6 is 0 Å². The topological polar surface area (TPSA) is 145 Å². The number of benzene rings is 1. The number of nitrogens with zero attached hydrogens (tertiary/aromatic N) is 7. The Balaban J connectivity index is 0.00000158. The second-order valence-electron chi connectivity index (χ2n) is 9.51. The molecule has 1 aliphatic carbocycles. The molecule has 0 unspecified atom stereocenters. The number of anilines is 5. The first kappa shape index (κ1) is 27.4. The van der Waals surface area contributed by atoms with E-state index in [0.29, 0.717) is 42.0 Å². The number of piperazine rings is 1. The van der Waals surface area contributed by atoms with Gasteiger partial charge in [0.05, 0.1) is 43.9 Å². The Morgan fingerprint density at radius 3 is 2.58 bits per heavy atom. The number of halogens is 1. The molecule has 3 fully saturated rings. The van der Waals surface area contributed by atoms with Gasteiger partial charge in [-0.3, -0.25) is 10.2 Å². The molecule has 0 radical (unpaired) electrons. The van der Waals surface area contributed by atoms with Gasteiger partial charge >= 0.3 is 6.09 Å². The Morgan fingerprint density at radius 2 is 1.95 bits per heavy atom. The number of fused-ring (bicyclic) bond motifs is 1. The van der Waals surface area contributed by atoms with Gasteiger partial charge in [-0.25, -0.2) is 14.2 Å². The molecular weight excluding hydrogens is 519 g/mol. The van der Waals surface area contributed by atoms with Crippen LogP contribution in [0, 0.1) is 17.1 Å². The lowest BCUT2D eigenvalue weighted by molar-refractivity contribution is -0.0660. The van der Waals surface area contributed by atoms with Crippen molar-refractivity contribution >= 4 is 40.6 Å². The maximum Gasteiger partial charge on any atom is 0.411 e. The Kier molecular flexibility index (Phi) is 8.13. The first-order chi connectivity index (χ1) is 19.5. The number of rotatable bonds is 7. The standard InChI is InChI=1S/C24H27FN10O3.C2H6/c1-37-24(36)29-15-8-18(20(25)19(9-15)34-6-4-33(5-7-34)17-12-38-13-17)30-23-31-21(28-14-2-3-14)22-27-11-16(10-26)35(22)32-23;1-2/h8-9,11,14,17H,2-7,12-13H2,1H3,(H,29,36)(H2,28,30,31,32);1-2H3. The molecule has 4 heterocycles. The summed E-state index contributed by atoms with van der Waals surface area (Å²) in [7, 11) is 1.26. The van der Waals surface area contributed by atoms with Crippen molar-refractivity contribution < 1.29 is 18.7 Å². The molecule has 3 N–H and O–H groups in total. The van der Waals surface area contributed by atoms with Crippen LogP contribution in [-0.2, 0) is 9.47 Å². The van der Waals surface area contributed by atoms with Crippen molar-refractivity contribution in [1.29, 1.82) is 5.26 Å². The highest BCUT2D eigenvalue weighted by Gasteiger charge is 2.30. The van der Waals surface area contributed by atoms with E-state index >= 15 is 4.39 Å². The lowest BCUT2D eigenvalue weighted by Crippen LogP contribution is -2.56. The normalized spacial score (nSPS) is 17.3. The Labute approximate surface area is 231 Å². The van der Waals surface area contributed by atoms with E-state index in [-0.39, 0.29) is 23.4 Å². The van der Waals surface area contributed by atoms with Crippen LogP contribution < -0.4 is 20.9 Å². The summed E-state index contributed by atoms with van der Waals surface area (Å²) in [5.41, 5.74) is 1.39. The highest BCUT2D eigenvalue weighted by Crippen LogP contribution is 2.34. The van der Waals surface area contributed by atoms with E-state index in [0.717, 1.165) is 39.1 Å². The van der Waals surface area contributed by atoms with Crippen LogP contribution in [0.15, 0.2) is 18.3 Å². The molecule has 1 aromatic carbocycles. The maximum absolute atomic E-state index is 16.0. The molecule has 2 aromatic heterocycles. The number of carbonyl (C=O) groups excluding carboxylic acids is 1. The Morgan fingerprint density at radius 1 is 1.20 bits per heavy atom. The number of amides is 1. The predicted octanol–water partition coefficient (Wildman–Crippen LogP) is 3.18. The number of hydrogen-bond acceptors (Lipinski definition) is 11. The highest BCUT2D eigenvalue weighted by molar-refractivity contribution is 5.87. The van der Waals surface area contributed by atoms with E-state index in [2.05, 4.69) is 42.0 Å². The molecule has 3 aromatic rings. The van der Waals surface area contributed by atoms with Crippen molar-refractivity contribution in [3.05, 3.63) is 29.8 Å². The van der Waals surface area contributed by atoms with E-state index < -0.39 is 11.9 Å². The number of imidazole rings is 1. The summed E-state index contributed by atoms with van der Waals surface area (Å²) in [5, 5.41) is 22.8. The van der Waals surface area contributed by atoms with Crippen LogP contribution in [0.1, 0.15) is 32.4 Å². The fourth-order valence-corrected chi connectivity index (χ4v) is 4.58. The quantitative estimate of drug-likeness (QED) is 0.397. The predicted molar refractivity (Wildman–Crippen MR) is 148 cm³/mol. The monoisotopic (exact) mass is 552 g/mol. The van der Waals surface area contributed by atoms with E-state index in [1.54, 1.807) is 6.07 Å². The van der Waals surface area contributed by atoms with Crippen molar-refractivity contribution in [2.24, 2.45) is 0 Å². The molecule has 2 saturated heterocycles. The summed E-state index contributed by atoms with van der Waals surface area (Å²) < 4.78 is 27.4. The second-order valence-corrected chi connectivity index (χ2v) is 9.51.